The van der Waals surface area contributed by atoms with Crippen LogP contribution in [0.2, 0.25) is 0 Å². The lowest BCUT2D eigenvalue weighted by Gasteiger charge is -2.03. The summed E-state index contributed by atoms with van der Waals surface area (Å²) in [6.45, 7) is 23.7. The van der Waals surface area contributed by atoms with E-state index < -0.39 is 0 Å². The van der Waals surface area contributed by atoms with Crippen LogP contribution in [0.5, 0.6) is 0 Å². The summed E-state index contributed by atoms with van der Waals surface area (Å²) < 4.78 is 0. The monoisotopic (exact) mass is 312 g/mol. The summed E-state index contributed by atoms with van der Waals surface area (Å²) in [5.41, 5.74) is 3.15. The zero-order valence-corrected chi connectivity index (χ0v) is 18.0. The molecule has 0 nitrogen and oxygen atoms in total. The molecular formula is C22H48. The smallest absolute Gasteiger partial charge is 0.0321 e. The van der Waals surface area contributed by atoms with Crippen LogP contribution in [0.25, 0.3) is 0 Å². The van der Waals surface area contributed by atoms with Crippen molar-refractivity contribution in [2.75, 3.05) is 0 Å². The zero-order chi connectivity index (χ0) is 19.0. The number of rotatable bonds is 6. The maximum absolute atomic E-state index is 4.00. The van der Waals surface area contributed by atoms with Gasteiger partial charge in [0.25, 0.3) is 0 Å². The maximum Gasteiger partial charge on any atom is -0.0321 e. The Hall–Kier alpha value is -0.700. The highest BCUT2D eigenvalue weighted by molar-refractivity contribution is 5.08. The van der Waals surface area contributed by atoms with Crippen LogP contribution >= 0.6 is 0 Å². The van der Waals surface area contributed by atoms with Gasteiger partial charge in [-0.3, -0.25) is 0 Å². The lowest BCUT2D eigenvalue weighted by molar-refractivity contribution is 0.550. The molecule has 0 bridgehead atoms. The Kier molecular flexibility index (Phi) is 55.5. The molecule has 0 heteroatoms. The van der Waals surface area contributed by atoms with Crippen molar-refractivity contribution in [1.29, 1.82) is 0 Å². The van der Waals surface area contributed by atoms with Crippen LogP contribution in [-0.2, 0) is 0 Å². The molecule has 0 aromatic heterocycles. The van der Waals surface area contributed by atoms with Crippen molar-refractivity contribution >= 4 is 0 Å². The van der Waals surface area contributed by atoms with Gasteiger partial charge in [0.1, 0.15) is 0 Å². The molecule has 0 aliphatic heterocycles. The van der Waals surface area contributed by atoms with E-state index in [1.54, 1.807) is 5.57 Å². The molecule has 0 radical (unpaired) electrons. The Morgan fingerprint density at radius 1 is 0.818 bits per heavy atom. The molecule has 136 valence electrons. The molecule has 0 amide bonds. The van der Waals surface area contributed by atoms with Gasteiger partial charge in [-0.1, -0.05) is 99.1 Å². The third kappa shape index (κ3) is 42.7. The number of allylic oxidation sites excluding steroid dienone is 2. The highest BCUT2D eigenvalue weighted by Crippen LogP contribution is 2.13. The molecule has 0 saturated carbocycles. The third-order valence-corrected chi connectivity index (χ3v) is 2.82. The molecule has 0 aliphatic rings. The van der Waals surface area contributed by atoms with Crippen LogP contribution in [0.4, 0.5) is 0 Å². The summed E-state index contributed by atoms with van der Waals surface area (Å²) in [7, 11) is 0. The summed E-state index contributed by atoms with van der Waals surface area (Å²) in [5, 5.41) is 0. The van der Waals surface area contributed by atoms with Gasteiger partial charge in [-0.2, -0.15) is 0 Å². The van der Waals surface area contributed by atoms with Crippen LogP contribution in [-0.4, -0.2) is 0 Å². The number of hydrogen-bond acceptors (Lipinski definition) is 0. The van der Waals surface area contributed by atoms with Gasteiger partial charge < -0.3 is 0 Å². The second-order valence-electron chi connectivity index (χ2n) is 5.24. The fourth-order valence-corrected chi connectivity index (χ4v) is 1.69. The van der Waals surface area contributed by atoms with E-state index >= 15 is 0 Å². The predicted octanol–water partition coefficient (Wildman–Crippen LogP) is 8.67. The van der Waals surface area contributed by atoms with E-state index in [0.717, 1.165) is 5.92 Å². The normalized spacial score (nSPS) is 7.73. The fraction of sp³-hybridized carbons (Fsp3) is 0.818. The molecule has 0 unspecified atom stereocenters. The molecule has 0 aromatic carbocycles. The molecule has 0 saturated heterocycles. The van der Waals surface area contributed by atoms with Crippen molar-refractivity contribution < 1.29 is 0 Å². The molecule has 0 rings (SSSR count). The third-order valence-electron chi connectivity index (χ3n) is 2.82. The van der Waals surface area contributed by atoms with Crippen molar-refractivity contribution in [1.82, 2.24) is 0 Å². The summed E-state index contributed by atoms with van der Waals surface area (Å²) in [6, 6.07) is 0. The summed E-state index contributed by atoms with van der Waals surface area (Å²) in [5.74, 6) is 0.903. The second kappa shape index (κ2) is 37.0. The lowest BCUT2D eigenvalue weighted by atomic mass is 10.0. The van der Waals surface area contributed by atoms with Crippen LogP contribution in [0, 0.1) is 18.8 Å². The first kappa shape index (κ1) is 33.0. The Morgan fingerprint density at radius 2 is 1.23 bits per heavy atom. The van der Waals surface area contributed by atoms with Gasteiger partial charge in [0.2, 0.25) is 0 Å². The van der Waals surface area contributed by atoms with E-state index in [2.05, 4.69) is 61.3 Å². The van der Waals surface area contributed by atoms with Crippen molar-refractivity contribution in [2.24, 2.45) is 5.92 Å². The molecule has 22 heavy (non-hydrogen) atoms. The largest absolute Gasteiger partial charge is 0.124 e. The average Bonchev–Trinajstić information content (AvgIpc) is 2.56. The standard InChI is InChI=1S/C9H18.C7H16.2C2H6.C2H2/c1-5-7-9(6-2)8(3)4;1-4-5-6-7(2)3;3*1-2/h5-7H2,1-4H3;7H,4-6H2,1-3H3;2*1-2H3;1-2H. The van der Waals surface area contributed by atoms with E-state index in [1.165, 1.54) is 44.1 Å². The molecule has 0 aliphatic carbocycles. The number of hydrogen-bond donors (Lipinski definition) is 0. The minimum Gasteiger partial charge on any atom is -0.124 e. The van der Waals surface area contributed by atoms with Gasteiger partial charge in [-0.25, -0.2) is 0 Å². The topological polar surface area (TPSA) is 0 Å². The Balaban J connectivity index is -0.0000000660. The first-order chi connectivity index (χ1) is 10.5. The molecule has 0 heterocycles. The molecule has 0 spiro atoms. The van der Waals surface area contributed by atoms with Gasteiger partial charge in [0.15, 0.2) is 0 Å². The van der Waals surface area contributed by atoms with Crippen LogP contribution in [0.15, 0.2) is 11.1 Å². The minimum atomic E-state index is 0.903. The van der Waals surface area contributed by atoms with Gasteiger partial charge in [-0.15, -0.1) is 12.8 Å². The van der Waals surface area contributed by atoms with E-state index in [1.807, 2.05) is 27.7 Å². The number of unbranched alkanes of at least 4 members (excludes halogenated alkanes) is 1. The summed E-state index contributed by atoms with van der Waals surface area (Å²) in [6.07, 6.45) is 16.0. The van der Waals surface area contributed by atoms with Gasteiger partial charge in [-0.05, 0) is 32.6 Å². The fourth-order valence-electron chi connectivity index (χ4n) is 1.69. The lowest BCUT2D eigenvalue weighted by Crippen LogP contribution is -1.83. The van der Waals surface area contributed by atoms with E-state index in [-0.39, 0.29) is 0 Å². The zero-order valence-electron chi connectivity index (χ0n) is 18.0. The first-order valence-electron chi connectivity index (χ1n) is 9.47. The second-order valence-corrected chi connectivity index (χ2v) is 5.24. The summed E-state index contributed by atoms with van der Waals surface area (Å²) >= 11 is 0. The number of terminal acetylenes is 1. The molecule has 0 aromatic rings. The van der Waals surface area contributed by atoms with Gasteiger partial charge >= 0.3 is 0 Å². The highest BCUT2D eigenvalue weighted by Gasteiger charge is 1.92. The maximum atomic E-state index is 4.00. The van der Waals surface area contributed by atoms with Crippen LogP contribution in [0.1, 0.15) is 115 Å². The molecule has 0 atom stereocenters. The highest BCUT2D eigenvalue weighted by atomic mass is 14.0. The minimum absolute atomic E-state index is 0.903. The van der Waals surface area contributed by atoms with E-state index in [0.29, 0.717) is 0 Å². The van der Waals surface area contributed by atoms with Crippen molar-refractivity contribution in [3.63, 3.8) is 0 Å². The van der Waals surface area contributed by atoms with Gasteiger partial charge in [0, 0.05) is 0 Å². The molecule has 0 N–H and O–H groups in total. The van der Waals surface area contributed by atoms with Gasteiger partial charge in [0.05, 0.1) is 0 Å². The first-order valence-corrected chi connectivity index (χ1v) is 9.47. The Morgan fingerprint density at radius 3 is 1.32 bits per heavy atom. The van der Waals surface area contributed by atoms with Crippen LogP contribution < -0.4 is 0 Å². The Bertz CT molecular complexity index is 189. The predicted molar refractivity (Wildman–Crippen MR) is 111 cm³/mol. The van der Waals surface area contributed by atoms with Crippen LogP contribution in [0.3, 0.4) is 0 Å². The Labute approximate surface area is 145 Å². The quantitative estimate of drug-likeness (QED) is 0.340. The average molecular weight is 313 g/mol. The van der Waals surface area contributed by atoms with Crippen molar-refractivity contribution in [3.05, 3.63) is 11.1 Å². The molecule has 0 fully saturated rings. The molecular weight excluding hydrogens is 264 g/mol. The van der Waals surface area contributed by atoms with E-state index in [9.17, 15) is 0 Å². The van der Waals surface area contributed by atoms with Crippen molar-refractivity contribution in [2.45, 2.75) is 115 Å². The van der Waals surface area contributed by atoms with Crippen molar-refractivity contribution in [3.8, 4) is 12.8 Å². The SMILES string of the molecule is C#C.CC.CC.CCCC(CC)=C(C)C.CCCCC(C)C. The summed E-state index contributed by atoms with van der Waals surface area (Å²) in [4.78, 5) is 0. The van der Waals surface area contributed by atoms with E-state index in [4.69, 9.17) is 0 Å².